The summed E-state index contributed by atoms with van der Waals surface area (Å²) in [6.07, 6.45) is 8.16. The van der Waals surface area contributed by atoms with Gasteiger partial charge >= 0.3 is 0 Å². The third-order valence-electron chi connectivity index (χ3n) is 8.01. The van der Waals surface area contributed by atoms with Gasteiger partial charge in [-0.15, -0.1) is 0 Å². The van der Waals surface area contributed by atoms with Crippen molar-refractivity contribution < 1.29 is 14.3 Å². The zero-order chi connectivity index (χ0) is 23.5. The van der Waals surface area contributed by atoms with E-state index in [1.54, 1.807) is 0 Å². The predicted octanol–water partition coefficient (Wildman–Crippen LogP) is 3.42. The zero-order valence-electron chi connectivity index (χ0n) is 20.4. The Bertz CT molecular complexity index is 1020. The van der Waals surface area contributed by atoms with E-state index in [1.165, 1.54) is 19.3 Å². The number of carbonyl (C=O) groups excluding carboxylic acids is 2. The van der Waals surface area contributed by atoms with Crippen molar-refractivity contribution >= 4 is 22.7 Å². The summed E-state index contributed by atoms with van der Waals surface area (Å²) in [6, 6.07) is 10.3. The molecule has 2 fully saturated rings. The second kappa shape index (κ2) is 10.1. The number of rotatable bonds is 5. The van der Waals surface area contributed by atoms with Crippen LogP contribution in [0.15, 0.2) is 30.3 Å². The van der Waals surface area contributed by atoms with E-state index >= 15 is 0 Å². The Morgan fingerprint density at radius 2 is 1.76 bits per heavy atom. The molecule has 1 aromatic heterocycles. The van der Waals surface area contributed by atoms with Gasteiger partial charge in [0.05, 0.1) is 19.8 Å². The van der Waals surface area contributed by atoms with Gasteiger partial charge in [0, 0.05) is 43.1 Å². The van der Waals surface area contributed by atoms with Crippen LogP contribution in [0.3, 0.4) is 0 Å². The smallest absolute Gasteiger partial charge is 0.271 e. The molecule has 3 aliphatic rings. The van der Waals surface area contributed by atoms with Gasteiger partial charge in [-0.1, -0.05) is 50.3 Å². The summed E-state index contributed by atoms with van der Waals surface area (Å²) in [7, 11) is 0. The summed E-state index contributed by atoms with van der Waals surface area (Å²) >= 11 is 0. The number of hydrogen-bond acceptors (Lipinski definition) is 4. The van der Waals surface area contributed by atoms with Crippen LogP contribution in [0, 0.1) is 0 Å². The van der Waals surface area contributed by atoms with E-state index in [0.717, 1.165) is 69.4 Å². The van der Waals surface area contributed by atoms with E-state index in [4.69, 9.17) is 4.74 Å². The van der Waals surface area contributed by atoms with Crippen molar-refractivity contribution in [3.63, 3.8) is 0 Å². The highest BCUT2D eigenvalue weighted by Gasteiger charge is 2.48. The Hall–Kier alpha value is -2.38. The van der Waals surface area contributed by atoms with Crippen molar-refractivity contribution in [1.29, 1.82) is 0 Å². The maximum absolute atomic E-state index is 13.9. The average Bonchev–Trinajstić information content (AvgIpc) is 3.20. The molecule has 184 valence electrons. The molecule has 0 spiro atoms. The molecular formula is C27H38N4O3. The van der Waals surface area contributed by atoms with Crippen molar-refractivity contribution in [2.24, 2.45) is 0 Å². The molecule has 0 unspecified atom stereocenters. The van der Waals surface area contributed by atoms with Crippen molar-refractivity contribution in [3.8, 4) is 0 Å². The Morgan fingerprint density at radius 3 is 2.53 bits per heavy atom. The number of nitrogens with one attached hydrogen (secondary N) is 1. The van der Waals surface area contributed by atoms with Crippen LogP contribution in [0.5, 0.6) is 0 Å². The van der Waals surface area contributed by atoms with Crippen molar-refractivity contribution in [2.75, 3.05) is 39.4 Å². The number of para-hydroxylation sites is 1. The lowest BCUT2D eigenvalue weighted by Crippen LogP contribution is -2.65. The fourth-order valence-corrected chi connectivity index (χ4v) is 5.86. The van der Waals surface area contributed by atoms with E-state index in [9.17, 15) is 9.59 Å². The highest BCUT2D eigenvalue weighted by molar-refractivity contribution is 6.03. The van der Waals surface area contributed by atoms with Crippen molar-refractivity contribution in [2.45, 2.75) is 70.0 Å². The largest absolute Gasteiger partial charge is 0.379 e. The van der Waals surface area contributed by atoms with E-state index in [2.05, 4.69) is 14.8 Å². The summed E-state index contributed by atoms with van der Waals surface area (Å²) in [5.74, 6) is -0.0668. The minimum Gasteiger partial charge on any atom is -0.379 e. The third-order valence-corrected chi connectivity index (χ3v) is 8.01. The van der Waals surface area contributed by atoms with Crippen LogP contribution in [0.2, 0.25) is 0 Å². The Balaban J connectivity index is 1.43. The van der Waals surface area contributed by atoms with Crippen LogP contribution >= 0.6 is 0 Å². The molecule has 1 saturated carbocycles. The molecule has 1 N–H and O–H groups in total. The number of ether oxygens (including phenoxy) is 1. The highest BCUT2D eigenvalue weighted by Crippen LogP contribution is 2.32. The lowest BCUT2D eigenvalue weighted by Gasteiger charge is -2.45. The first kappa shape index (κ1) is 23.4. The molecule has 2 aromatic rings. The monoisotopic (exact) mass is 466 g/mol. The maximum Gasteiger partial charge on any atom is 0.271 e. The first-order valence-corrected chi connectivity index (χ1v) is 13.1. The van der Waals surface area contributed by atoms with E-state index in [1.807, 2.05) is 42.2 Å². The van der Waals surface area contributed by atoms with Crippen molar-refractivity contribution in [3.05, 3.63) is 36.0 Å². The molecule has 7 nitrogen and oxygen atoms in total. The van der Waals surface area contributed by atoms with Crippen LogP contribution in [0.1, 0.15) is 62.4 Å². The number of carbonyl (C=O) groups is 2. The van der Waals surface area contributed by atoms with Gasteiger partial charge in [-0.05, 0) is 31.9 Å². The third kappa shape index (κ3) is 4.60. The van der Waals surface area contributed by atoms with Gasteiger partial charge < -0.3 is 19.5 Å². The normalized spacial score (nSPS) is 25.1. The zero-order valence-corrected chi connectivity index (χ0v) is 20.4. The molecular weight excluding hydrogens is 428 g/mol. The van der Waals surface area contributed by atoms with Gasteiger partial charge in [-0.25, -0.2) is 0 Å². The van der Waals surface area contributed by atoms with Crippen LogP contribution in [-0.4, -0.2) is 77.2 Å². The minimum atomic E-state index is -0.930. The lowest BCUT2D eigenvalue weighted by molar-refractivity contribution is -0.134. The number of amides is 2. The topological polar surface area (TPSA) is 66.8 Å². The van der Waals surface area contributed by atoms with Gasteiger partial charge in [0.15, 0.2) is 0 Å². The average molecular weight is 467 g/mol. The van der Waals surface area contributed by atoms with Gasteiger partial charge in [0.2, 0.25) is 5.91 Å². The van der Waals surface area contributed by atoms with Gasteiger partial charge in [-0.3, -0.25) is 14.5 Å². The highest BCUT2D eigenvalue weighted by atomic mass is 16.5. The first-order valence-electron chi connectivity index (χ1n) is 13.1. The summed E-state index contributed by atoms with van der Waals surface area (Å²) in [6.45, 7) is 6.91. The molecule has 1 aromatic carbocycles. The van der Waals surface area contributed by atoms with Gasteiger partial charge in [0.1, 0.15) is 11.2 Å². The Morgan fingerprint density at radius 1 is 1.06 bits per heavy atom. The molecule has 2 amide bonds. The fourth-order valence-electron chi connectivity index (χ4n) is 5.86. The van der Waals surface area contributed by atoms with Crippen LogP contribution in [0.25, 0.3) is 10.9 Å². The Kier molecular flexibility index (Phi) is 6.93. The molecule has 7 heteroatoms. The lowest BCUT2D eigenvalue weighted by atomic mass is 9.92. The maximum atomic E-state index is 13.9. The molecule has 0 radical (unpaired) electrons. The van der Waals surface area contributed by atoms with Gasteiger partial charge in [-0.2, -0.15) is 0 Å². The minimum absolute atomic E-state index is 0.0168. The SMILES string of the molecule is C[C@@]1(C(=O)NC2CCCCCCC2)Cn2c(cc3ccccc32)C(=O)N1CCN1CCOCC1. The summed E-state index contributed by atoms with van der Waals surface area (Å²) < 4.78 is 7.54. The number of aromatic nitrogens is 1. The van der Waals surface area contributed by atoms with E-state index < -0.39 is 5.54 Å². The summed E-state index contributed by atoms with van der Waals surface area (Å²) in [5, 5.41) is 4.42. The Labute approximate surface area is 202 Å². The molecule has 5 rings (SSSR count). The second-order valence-corrected chi connectivity index (χ2v) is 10.4. The number of fused-ring (bicyclic) bond motifs is 3. The summed E-state index contributed by atoms with van der Waals surface area (Å²) in [5.41, 5.74) is 0.767. The number of hydrogen-bond donors (Lipinski definition) is 1. The number of benzene rings is 1. The van der Waals surface area contributed by atoms with Crippen LogP contribution < -0.4 is 5.32 Å². The molecule has 1 saturated heterocycles. The van der Waals surface area contributed by atoms with E-state index in [-0.39, 0.29) is 17.9 Å². The fraction of sp³-hybridized carbons (Fsp3) is 0.630. The number of nitrogens with zero attached hydrogens (tertiary/aromatic N) is 3. The van der Waals surface area contributed by atoms with E-state index in [0.29, 0.717) is 18.8 Å². The quantitative estimate of drug-likeness (QED) is 0.733. The molecule has 34 heavy (non-hydrogen) atoms. The molecule has 1 aliphatic carbocycles. The first-order chi connectivity index (χ1) is 16.6. The summed E-state index contributed by atoms with van der Waals surface area (Å²) in [4.78, 5) is 31.9. The molecule has 2 aliphatic heterocycles. The number of morpholine rings is 1. The van der Waals surface area contributed by atoms with Crippen LogP contribution in [0.4, 0.5) is 0 Å². The second-order valence-electron chi connectivity index (χ2n) is 10.4. The molecule has 0 bridgehead atoms. The van der Waals surface area contributed by atoms with Crippen LogP contribution in [-0.2, 0) is 16.1 Å². The standard InChI is InChI=1S/C27H38N4O3/c1-27(26(33)28-22-10-5-3-2-4-6-11-22)20-30-23-12-8-7-9-21(23)19-24(30)25(32)31(27)14-13-29-15-17-34-18-16-29/h7-9,12,19,22H,2-6,10-11,13-18,20H2,1H3,(H,28,33)/t27-/m0/s1. The van der Waals surface area contributed by atoms with Crippen molar-refractivity contribution in [1.82, 2.24) is 19.7 Å². The predicted molar refractivity (Wildman–Crippen MR) is 133 cm³/mol. The van der Waals surface area contributed by atoms with Gasteiger partial charge in [0.25, 0.3) is 5.91 Å². The molecule has 3 heterocycles. The molecule has 1 atom stereocenters.